The lowest BCUT2D eigenvalue weighted by molar-refractivity contribution is 0.0516. The fourth-order valence-corrected chi connectivity index (χ4v) is 7.63. The van der Waals surface area contributed by atoms with Crippen molar-refractivity contribution in [3.63, 3.8) is 0 Å². The van der Waals surface area contributed by atoms with Gasteiger partial charge in [0.1, 0.15) is 3.14 Å². The highest BCUT2D eigenvalue weighted by atomic mass is 32.2. The molecule has 108 valence electrons. The molecule has 8 heteroatoms. The van der Waals surface area contributed by atoms with E-state index >= 15 is 0 Å². The molecule has 2 heterocycles. The van der Waals surface area contributed by atoms with Gasteiger partial charge in [0, 0.05) is 11.5 Å². The lowest BCUT2D eigenvalue weighted by atomic mass is 10.2. The van der Waals surface area contributed by atoms with Gasteiger partial charge < -0.3 is 4.84 Å². The van der Waals surface area contributed by atoms with E-state index in [4.69, 9.17) is 17.1 Å². The van der Waals surface area contributed by atoms with E-state index in [1.807, 2.05) is 6.07 Å². The zero-order valence-electron chi connectivity index (χ0n) is 10.6. The molecule has 0 saturated heterocycles. The van der Waals surface area contributed by atoms with Gasteiger partial charge >= 0.3 is 5.97 Å². The third-order valence-electron chi connectivity index (χ3n) is 2.53. The summed E-state index contributed by atoms with van der Waals surface area (Å²) in [7, 11) is 0. The van der Waals surface area contributed by atoms with Crippen molar-refractivity contribution in [1.29, 1.82) is 0 Å². The van der Waals surface area contributed by atoms with Gasteiger partial charge in [-0.05, 0) is 12.1 Å². The maximum absolute atomic E-state index is 11.8. The minimum atomic E-state index is -0.423. The summed E-state index contributed by atoms with van der Waals surface area (Å²) in [5, 5.41) is 4.01. The molecule has 3 rings (SSSR count). The Balaban J connectivity index is 1.64. The number of thioether (sulfide) groups is 2. The van der Waals surface area contributed by atoms with Crippen molar-refractivity contribution in [3.05, 3.63) is 39.0 Å². The number of fused-ring (bicyclic) bond motifs is 1. The summed E-state index contributed by atoms with van der Waals surface area (Å²) in [6, 6.07) is 8.88. The van der Waals surface area contributed by atoms with E-state index in [1.54, 1.807) is 70.5 Å². The molecule has 0 atom stereocenters. The number of carbonyl (C=O) groups is 1. The van der Waals surface area contributed by atoms with E-state index in [0.717, 1.165) is 20.4 Å². The van der Waals surface area contributed by atoms with Crippen LogP contribution in [0.15, 0.2) is 43.9 Å². The van der Waals surface area contributed by atoms with Gasteiger partial charge in [0.05, 0.1) is 19.7 Å². The van der Waals surface area contributed by atoms with Crippen LogP contribution in [0.5, 0.6) is 0 Å². The summed E-state index contributed by atoms with van der Waals surface area (Å²) >= 11 is 11.9. The summed E-state index contributed by atoms with van der Waals surface area (Å²) in [5.74, 6) is 1.03. The van der Waals surface area contributed by atoms with Crippen LogP contribution in [0.1, 0.15) is 10.4 Å². The minimum absolute atomic E-state index is 0.423. The fourth-order valence-electron chi connectivity index (χ4n) is 1.56. The van der Waals surface area contributed by atoms with E-state index in [0.29, 0.717) is 5.56 Å². The first kappa shape index (κ1) is 15.2. The van der Waals surface area contributed by atoms with Gasteiger partial charge in [-0.25, -0.2) is 4.79 Å². The van der Waals surface area contributed by atoms with Gasteiger partial charge in [-0.15, -0.1) is 46.2 Å². The SMILES string of the molecule is O=C(ON=C1CSc2sc(=S)sc2SC1)c1ccccc1. The van der Waals surface area contributed by atoms with E-state index in [2.05, 4.69) is 5.16 Å². The van der Waals surface area contributed by atoms with Crippen LogP contribution in [0, 0.1) is 3.14 Å². The average molecular weight is 372 g/mol. The number of rotatable bonds is 2. The Bertz CT molecular complexity index is 704. The minimum Gasteiger partial charge on any atom is -0.313 e. The predicted octanol–water partition coefficient (Wildman–Crippen LogP) is 4.95. The maximum atomic E-state index is 11.8. The van der Waals surface area contributed by atoms with E-state index < -0.39 is 5.97 Å². The van der Waals surface area contributed by atoms with Gasteiger partial charge in [-0.3, -0.25) is 0 Å². The molecular weight excluding hydrogens is 362 g/mol. The molecule has 1 aliphatic heterocycles. The summed E-state index contributed by atoms with van der Waals surface area (Å²) in [5.41, 5.74) is 1.38. The number of carbonyl (C=O) groups excluding carboxylic acids is 1. The molecule has 1 aromatic heterocycles. The molecule has 0 amide bonds. The average Bonchev–Trinajstić information content (AvgIpc) is 2.76. The standard InChI is InChI=1S/C13H9NO2S5/c15-10(8-4-2-1-3-5-8)16-14-9-6-18-11-12(19-7-9)21-13(17)20-11/h1-5H,6-7H2. The fraction of sp³-hybridized carbons (Fsp3) is 0.154. The highest BCUT2D eigenvalue weighted by Crippen LogP contribution is 2.42. The lowest BCUT2D eigenvalue weighted by Gasteiger charge is -2.01. The second-order valence-electron chi connectivity index (χ2n) is 4.01. The first-order valence-corrected chi connectivity index (χ1v) is 9.95. The quantitative estimate of drug-likeness (QED) is 0.424. The topological polar surface area (TPSA) is 38.7 Å². The van der Waals surface area contributed by atoms with Crippen molar-refractivity contribution in [2.24, 2.45) is 5.16 Å². The Morgan fingerprint density at radius 1 is 1.10 bits per heavy atom. The van der Waals surface area contributed by atoms with Crippen LogP contribution in [0.25, 0.3) is 0 Å². The first-order valence-electron chi connectivity index (χ1n) is 5.94. The van der Waals surface area contributed by atoms with Crippen molar-refractivity contribution < 1.29 is 9.63 Å². The maximum Gasteiger partial charge on any atom is 0.365 e. The molecule has 0 fully saturated rings. The van der Waals surface area contributed by atoms with Crippen molar-refractivity contribution in [3.8, 4) is 0 Å². The van der Waals surface area contributed by atoms with Gasteiger partial charge in [0.2, 0.25) is 0 Å². The van der Waals surface area contributed by atoms with E-state index in [-0.39, 0.29) is 0 Å². The van der Waals surface area contributed by atoms with E-state index in [9.17, 15) is 4.79 Å². The van der Waals surface area contributed by atoms with Crippen molar-refractivity contribution in [2.45, 2.75) is 8.42 Å². The summed E-state index contributed by atoms with van der Waals surface area (Å²) in [4.78, 5) is 16.9. The second-order valence-corrected chi connectivity index (χ2v) is 9.72. The van der Waals surface area contributed by atoms with Crippen LogP contribution in [-0.4, -0.2) is 23.2 Å². The molecule has 0 saturated carbocycles. The molecule has 3 nitrogen and oxygen atoms in total. The van der Waals surface area contributed by atoms with Gasteiger partial charge in [0.25, 0.3) is 0 Å². The molecule has 0 radical (unpaired) electrons. The number of hydrogen-bond donors (Lipinski definition) is 0. The third-order valence-corrected chi connectivity index (χ3v) is 8.25. The molecule has 0 aliphatic carbocycles. The Kier molecular flexibility index (Phi) is 5.12. The van der Waals surface area contributed by atoms with E-state index in [1.165, 1.54) is 8.42 Å². The van der Waals surface area contributed by atoms with Crippen LogP contribution in [-0.2, 0) is 4.84 Å². The number of oxime groups is 1. The highest BCUT2D eigenvalue weighted by molar-refractivity contribution is 8.07. The molecule has 2 aromatic rings. The van der Waals surface area contributed by atoms with Crippen molar-refractivity contribution >= 4 is 70.1 Å². The second kappa shape index (κ2) is 7.06. The zero-order valence-corrected chi connectivity index (χ0v) is 14.7. The Morgan fingerprint density at radius 3 is 2.33 bits per heavy atom. The van der Waals surface area contributed by atoms with Crippen LogP contribution < -0.4 is 0 Å². The first-order chi connectivity index (χ1) is 10.2. The molecule has 1 aliphatic rings. The van der Waals surface area contributed by atoms with Gasteiger partial charge in [-0.1, -0.05) is 35.6 Å². The predicted molar refractivity (Wildman–Crippen MR) is 93.8 cm³/mol. The zero-order chi connectivity index (χ0) is 14.7. The smallest absolute Gasteiger partial charge is 0.313 e. The Labute approximate surface area is 143 Å². The largest absolute Gasteiger partial charge is 0.365 e. The highest BCUT2D eigenvalue weighted by Gasteiger charge is 2.17. The van der Waals surface area contributed by atoms with Crippen molar-refractivity contribution in [1.82, 2.24) is 0 Å². The number of hydrogen-bond acceptors (Lipinski definition) is 8. The number of nitrogens with zero attached hydrogens (tertiary/aromatic N) is 1. The molecule has 21 heavy (non-hydrogen) atoms. The molecule has 0 unspecified atom stereocenters. The molecule has 0 spiro atoms. The van der Waals surface area contributed by atoms with Gasteiger partial charge in [-0.2, -0.15) is 0 Å². The van der Waals surface area contributed by atoms with Gasteiger partial charge in [0.15, 0.2) is 0 Å². The molecular formula is C13H9NO2S5. The Hall–Kier alpha value is -0.670. The van der Waals surface area contributed by atoms with Crippen LogP contribution in [0.3, 0.4) is 0 Å². The normalized spacial score (nSPS) is 14.2. The summed E-state index contributed by atoms with van der Waals surface area (Å²) in [6.45, 7) is 0. The van der Waals surface area contributed by atoms with Crippen LogP contribution in [0.2, 0.25) is 0 Å². The molecule has 0 bridgehead atoms. The Morgan fingerprint density at radius 2 is 1.71 bits per heavy atom. The monoisotopic (exact) mass is 371 g/mol. The van der Waals surface area contributed by atoms with Crippen LogP contribution >= 0.6 is 58.4 Å². The number of benzene rings is 1. The summed E-state index contributed by atoms with van der Waals surface area (Å²) < 4.78 is 3.44. The van der Waals surface area contributed by atoms with Crippen LogP contribution in [0.4, 0.5) is 0 Å². The summed E-state index contributed by atoms with van der Waals surface area (Å²) in [6.07, 6.45) is 0. The third kappa shape index (κ3) is 3.95. The van der Waals surface area contributed by atoms with Crippen molar-refractivity contribution in [2.75, 3.05) is 11.5 Å². The molecule has 1 aromatic carbocycles. The lowest BCUT2D eigenvalue weighted by Crippen LogP contribution is -2.08. The molecule has 0 N–H and O–H groups in total.